The van der Waals surface area contributed by atoms with E-state index in [2.05, 4.69) is 5.32 Å². The van der Waals surface area contributed by atoms with E-state index in [4.69, 9.17) is 14.2 Å². The van der Waals surface area contributed by atoms with Gasteiger partial charge < -0.3 is 19.5 Å². The van der Waals surface area contributed by atoms with Crippen LogP contribution in [0, 0.1) is 0 Å². The number of rotatable bonds is 2. The lowest BCUT2D eigenvalue weighted by Gasteiger charge is -2.20. The molecular weight excluding hydrogens is 306 g/mol. The number of hydrogen-bond donors (Lipinski definition) is 1. The van der Waals surface area contributed by atoms with Gasteiger partial charge in [-0.1, -0.05) is 18.2 Å². The van der Waals surface area contributed by atoms with Crippen molar-refractivity contribution in [2.24, 2.45) is 0 Å². The number of amides is 1. The number of fused-ring (bicyclic) bond motifs is 2. The Kier molecular flexibility index (Phi) is 3.83. The summed E-state index contributed by atoms with van der Waals surface area (Å²) in [6.07, 6.45) is 2.35. The molecule has 0 aromatic heterocycles. The molecule has 1 N–H and O–H groups in total. The first-order valence-corrected chi connectivity index (χ1v) is 7.93. The van der Waals surface area contributed by atoms with E-state index in [0.717, 1.165) is 16.9 Å². The highest BCUT2D eigenvalue weighted by molar-refractivity contribution is 6.04. The van der Waals surface area contributed by atoms with Crippen LogP contribution in [-0.4, -0.2) is 25.7 Å². The Hall–Kier alpha value is -2.95. The molecule has 0 radical (unpaired) electrons. The Bertz CT molecular complexity index is 813. The fourth-order valence-corrected chi connectivity index (χ4v) is 2.87. The minimum absolute atomic E-state index is 0.168. The lowest BCUT2D eigenvalue weighted by atomic mass is 9.99. The lowest BCUT2D eigenvalue weighted by molar-refractivity contribution is -0.111. The van der Waals surface area contributed by atoms with Gasteiger partial charge in [0.25, 0.3) is 0 Å². The van der Waals surface area contributed by atoms with Crippen molar-refractivity contribution in [3.63, 3.8) is 0 Å². The summed E-state index contributed by atoms with van der Waals surface area (Å²) in [7, 11) is 0. The monoisotopic (exact) mass is 323 g/mol. The standard InChI is InChI=1S/C19H17NO4/c21-19(11-13-7-8-22-16-4-2-1-3-15(13)16)20-14-5-6-17-18(12-14)24-10-9-23-17/h1-6,11-12H,7-10H2,(H,20,21)/b13-11+. The average molecular weight is 323 g/mol. The predicted molar refractivity (Wildman–Crippen MR) is 90.6 cm³/mol. The summed E-state index contributed by atoms with van der Waals surface area (Å²) in [5.41, 5.74) is 2.63. The van der Waals surface area contributed by atoms with Crippen molar-refractivity contribution in [1.29, 1.82) is 0 Å². The summed E-state index contributed by atoms with van der Waals surface area (Å²) in [4.78, 5) is 12.4. The van der Waals surface area contributed by atoms with E-state index in [-0.39, 0.29) is 5.91 Å². The van der Waals surface area contributed by atoms with Crippen LogP contribution in [0.4, 0.5) is 5.69 Å². The maximum atomic E-state index is 12.4. The molecule has 0 fully saturated rings. The Morgan fingerprint density at radius 1 is 0.917 bits per heavy atom. The molecule has 0 saturated heterocycles. The first-order chi connectivity index (χ1) is 11.8. The molecule has 122 valence electrons. The molecule has 0 spiro atoms. The van der Waals surface area contributed by atoms with Gasteiger partial charge in [-0.2, -0.15) is 0 Å². The minimum atomic E-state index is -0.168. The largest absolute Gasteiger partial charge is 0.493 e. The number of benzene rings is 2. The van der Waals surface area contributed by atoms with Gasteiger partial charge in [-0.3, -0.25) is 4.79 Å². The van der Waals surface area contributed by atoms with Crippen LogP contribution in [0.1, 0.15) is 12.0 Å². The highest BCUT2D eigenvalue weighted by Gasteiger charge is 2.16. The van der Waals surface area contributed by atoms with Crippen LogP contribution in [0.3, 0.4) is 0 Å². The number of ether oxygens (including phenoxy) is 3. The lowest BCUT2D eigenvalue weighted by Crippen LogP contribution is -2.16. The quantitative estimate of drug-likeness (QED) is 0.862. The van der Waals surface area contributed by atoms with E-state index >= 15 is 0 Å². The molecular formula is C19H17NO4. The van der Waals surface area contributed by atoms with E-state index < -0.39 is 0 Å². The second-order valence-corrected chi connectivity index (χ2v) is 5.61. The number of carbonyl (C=O) groups excluding carboxylic acids is 1. The molecule has 0 aliphatic carbocycles. The molecule has 0 bridgehead atoms. The maximum absolute atomic E-state index is 12.4. The van der Waals surface area contributed by atoms with Gasteiger partial charge in [0, 0.05) is 29.8 Å². The highest BCUT2D eigenvalue weighted by Crippen LogP contribution is 2.34. The molecule has 1 amide bonds. The molecule has 4 rings (SSSR count). The number of carbonyl (C=O) groups is 1. The van der Waals surface area contributed by atoms with Crippen molar-refractivity contribution in [2.45, 2.75) is 6.42 Å². The topological polar surface area (TPSA) is 56.8 Å². The molecule has 24 heavy (non-hydrogen) atoms. The Balaban J connectivity index is 1.53. The molecule has 2 heterocycles. The molecule has 0 unspecified atom stereocenters. The highest BCUT2D eigenvalue weighted by atomic mass is 16.6. The van der Waals surface area contributed by atoms with E-state index in [9.17, 15) is 4.79 Å². The molecule has 0 saturated carbocycles. The second-order valence-electron chi connectivity index (χ2n) is 5.61. The summed E-state index contributed by atoms with van der Waals surface area (Å²) in [6, 6.07) is 13.2. The minimum Gasteiger partial charge on any atom is -0.493 e. The van der Waals surface area contributed by atoms with Crippen molar-refractivity contribution >= 4 is 17.2 Å². The number of anilines is 1. The molecule has 2 aromatic rings. The Morgan fingerprint density at radius 3 is 2.62 bits per heavy atom. The van der Waals surface area contributed by atoms with E-state index in [0.29, 0.717) is 43.4 Å². The normalized spacial score (nSPS) is 16.9. The maximum Gasteiger partial charge on any atom is 0.248 e. The fraction of sp³-hybridized carbons (Fsp3) is 0.211. The van der Waals surface area contributed by atoms with Gasteiger partial charge in [-0.25, -0.2) is 0 Å². The SMILES string of the molecule is O=C(/C=C1\CCOc2ccccc21)Nc1ccc2c(c1)OCCO2. The molecule has 2 aliphatic heterocycles. The molecule has 0 atom stereocenters. The van der Waals surface area contributed by atoms with E-state index in [1.165, 1.54) is 0 Å². The summed E-state index contributed by atoms with van der Waals surface area (Å²) in [6.45, 7) is 1.65. The van der Waals surface area contributed by atoms with Gasteiger partial charge in [0.1, 0.15) is 19.0 Å². The van der Waals surface area contributed by atoms with Crippen LogP contribution in [0.15, 0.2) is 48.5 Å². The summed E-state index contributed by atoms with van der Waals surface area (Å²) >= 11 is 0. The van der Waals surface area contributed by atoms with Crippen molar-refractivity contribution < 1.29 is 19.0 Å². The Morgan fingerprint density at radius 2 is 1.71 bits per heavy atom. The zero-order chi connectivity index (χ0) is 16.4. The van der Waals surface area contributed by atoms with Crippen LogP contribution in [0.5, 0.6) is 17.2 Å². The van der Waals surface area contributed by atoms with Crippen molar-refractivity contribution in [2.75, 3.05) is 25.1 Å². The van der Waals surface area contributed by atoms with Gasteiger partial charge in [-0.15, -0.1) is 0 Å². The smallest absolute Gasteiger partial charge is 0.248 e. The van der Waals surface area contributed by atoms with Gasteiger partial charge in [0.2, 0.25) is 5.91 Å². The molecule has 2 aliphatic rings. The van der Waals surface area contributed by atoms with Crippen molar-refractivity contribution in [1.82, 2.24) is 0 Å². The van der Waals surface area contributed by atoms with E-state index in [1.54, 1.807) is 18.2 Å². The van der Waals surface area contributed by atoms with Crippen LogP contribution in [0.2, 0.25) is 0 Å². The number of para-hydroxylation sites is 1. The van der Waals surface area contributed by atoms with Gasteiger partial charge in [-0.05, 0) is 23.8 Å². The number of hydrogen-bond acceptors (Lipinski definition) is 4. The zero-order valence-corrected chi connectivity index (χ0v) is 13.1. The molecule has 2 aromatic carbocycles. The Labute approximate surface area is 139 Å². The third kappa shape index (κ3) is 2.93. The van der Waals surface area contributed by atoms with Crippen LogP contribution in [-0.2, 0) is 4.79 Å². The van der Waals surface area contributed by atoms with Crippen molar-refractivity contribution in [3.05, 3.63) is 54.1 Å². The van der Waals surface area contributed by atoms with Crippen molar-refractivity contribution in [3.8, 4) is 17.2 Å². The molecule has 5 nitrogen and oxygen atoms in total. The summed E-state index contributed by atoms with van der Waals surface area (Å²) < 4.78 is 16.6. The zero-order valence-electron chi connectivity index (χ0n) is 13.1. The fourth-order valence-electron chi connectivity index (χ4n) is 2.87. The first-order valence-electron chi connectivity index (χ1n) is 7.93. The summed E-state index contributed by atoms with van der Waals surface area (Å²) in [5.74, 6) is 2.01. The van der Waals surface area contributed by atoms with E-state index in [1.807, 2.05) is 30.3 Å². The third-order valence-electron chi connectivity index (χ3n) is 3.98. The van der Waals surface area contributed by atoms with Crippen LogP contribution in [0.25, 0.3) is 5.57 Å². The molecule has 5 heteroatoms. The second kappa shape index (κ2) is 6.28. The third-order valence-corrected chi connectivity index (χ3v) is 3.98. The van der Waals surface area contributed by atoms with Gasteiger partial charge in [0.15, 0.2) is 11.5 Å². The van der Waals surface area contributed by atoms with Crippen LogP contribution >= 0.6 is 0 Å². The van der Waals surface area contributed by atoms with Gasteiger partial charge >= 0.3 is 0 Å². The van der Waals surface area contributed by atoms with Gasteiger partial charge in [0.05, 0.1) is 6.61 Å². The first kappa shape index (κ1) is 14.6. The predicted octanol–water partition coefficient (Wildman–Crippen LogP) is 3.26. The summed E-state index contributed by atoms with van der Waals surface area (Å²) in [5, 5.41) is 2.88. The van der Waals surface area contributed by atoms with Crippen LogP contribution < -0.4 is 19.5 Å². The average Bonchev–Trinajstić information content (AvgIpc) is 2.62. The number of nitrogens with one attached hydrogen (secondary N) is 1.